The molecular weight excluding hydrogens is 287 g/mol. The van der Waals surface area contributed by atoms with Crippen LogP contribution in [0.1, 0.15) is 19.3 Å². The third-order valence-electron chi connectivity index (χ3n) is 2.67. The second kappa shape index (κ2) is 6.38. The third kappa shape index (κ3) is 4.50. The molecule has 0 saturated carbocycles. The van der Waals surface area contributed by atoms with Crippen LogP contribution >= 0.6 is 0 Å². The first-order chi connectivity index (χ1) is 8.73. The van der Waals surface area contributed by atoms with Gasteiger partial charge in [-0.2, -0.15) is 13.1 Å². The molecule has 1 fully saturated rings. The molecule has 0 aromatic carbocycles. The SMILES string of the molecule is CS(=O)(=O)N1CCC[C@H]1C(=O)OCCC(F)=C(F)F. The van der Waals surface area contributed by atoms with Crippen LogP contribution in [0, 0.1) is 0 Å². The van der Waals surface area contributed by atoms with Crippen molar-refractivity contribution in [2.75, 3.05) is 19.4 Å². The molecular formula is C10H14F3NO4S. The van der Waals surface area contributed by atoms with Crippen LogP contribution in [0.25, 0.3) is 0 Å². The monoisotopic (exact) mass is 301 g/mol. The molecule has 0 aromatic rings. The Morgan fingerprint density at radius 2 is 2.00 bits per heavy atom. The van der Waals surface area contributed by atoms with Gasteiger partial charge in [-0.1, -0.05) is 0 Å². The average molecular weight is 301 g/mol. The van der Waals surface area contributed by atoms with Gasteiger partial charge in [-0.3, -0.25) is 4.79 Å². The second-order valence-corrected chi connectivity index (χ2v) is 6.05. The molecule has 0 unspecified atom stereocenters. The van der Waals surface area contributed by atoms with E-state index < -0.39 is 47.0 Å². The summed E-state index contributed by atoms with van der Waals surface area (Å²) in [5.74, 6) is -2.48. The van der Waals surface area contributed by atoms with Gasteiger partial charge in [0.2, 0.25) is 10.0 Å². The fraction of sp³-hybridized carbons (Fsp3) is 0.700. The maximum Gasteiger partial charge on any atom is 0.324 e. The summed E-state index contributed by atoms with van der Waals surface area (Å²) in [6.45, 7) is -0.331. The summed E-state index contributed by atoms with van der Waals surface area (Å²) in [7, 11) is -3.52. The van der Waals surface area contributed by atoms with Gasteiger partial charge in [-0.15, -0.1) is 0 Å². The molecule has 1 saturated heterocycles. The van der Waals surface area contributed by atoms with Crippen LogP contribution < -0.4 is 0 Å². The topological polar surface area (TPSA) is 63.7 Å². The van der Waals surface area contributed by atoms with Gasteiger partial charge < -0.3 is 4.74 Å². The predicted molar refractivity (Wildman–Crippen MR) is 60.5 cm³/mol. The Kier molecular flexibility index (Phi) is 5.36. The van der Waals surface area contributed by atoms with E-state index in [1.807, 2.05) is 0 Å². The Labute approximate surface area is 109 Å². The molecule has 0 amide bonds. The van der Waals surface area contributed by atoms with Crippen molar-refractivity contribution in [1.82, 2.24) is 4.31 Å². The first kappa shape index (κ1) is 16.0. The number of esters is 1. The molecule has 0 bridgehead atoms. The smallest absolute Gasteiger partial charge is 0.324 e. The molecule has 1 atom stereocenters. The molecule has 19 heavy (non-hydrogen) atoms. The molecule has 0 N–H and O–H groups in total. The largest absolute Gasteiger partial charge is 0.464 e. The summed E-state index contributed by atoms with van der Waals surface area (Å²) in [5.41, 5.74) is 0. The quantitative estimate of drug-likeness (QED) is 0.721. The van der Waals surface area contributed by atoms with Gasteiger partial charge in [0.1, 0.15) is 6.04 Å². The summed E-state index contributed by atoms with van der Waals surface area (Å²) in [5, 5.41) is 0. The van der Waals surface area contributed by atoms with Crippen LogP contribution in [-0.4, -0.2) is 44.1 Å². The number of nitrogens with zero attached hydrogens (tertiary/aromatic N) is 1. The van der Waals surface area contributed by atoms with Crippen LogP contribution in [0.15, 0.2) is 11.9 Å². The van der Waals surface area contributed by atoms with Gasteiger partial charge in [0, 0.05) is 13.0 Å². The maximum absolute atomic E-state index is 12.5. The minimum absolute atomic E-state index is 0.214. The zero-order valence-electron chi connectivity index (χ0n) is 10.2. The lowest BCUT2D eigenvalue weighted by atomic mass is 10.2. The number of carbonyl (C=O) groups excluding carboxylic acids is 1. The van der Waals surface area contributed by atoms with E-state index in [1.165, 1.54) is 0 Å². The number of halogens is 3. The average Bonchev–Trinajstić information content (AvgIpc) is 2.76. The fourth-order valence-corrected chi connectivity index (χ4v) is 2.92. The molecule has 0 aromatic heterocycles. The summed E-state index contributed by atoms with van der Waals surface area (Å²) in [6, 6.07) is -0.947. The zero-order valence-corrected chi connectivity index (χ0v) is 11.1. The molecule has 1 heterocycles. The first-order valence-electron chi connectivity index (χ1n) is 5.56. The van der Waals surface area contributed by atoms with Crippen molar-refractivity contribution >= 4 is 16.0 Å². The number of carbonyl (C=O) groups is 1. The van der Waals surface area contributed by atoms with Crippen LogP contribution in [0.4, 0.5) is 13.2 Å². The number of sulfonamides is 1. The summed E-state index contributed by atoms with van der Waals surface area (Å²) >= 11 is 0. The van der Waals surface area contributed by atoms with E-state index in [0.29, 0.717) is 12.8 Å². The maximum atomic E-state index is 12.5. The highest BCUT2D eigenvalue weighted by atomic mass is 32.2. The van der Waals surface area contributed by atoms with Gasteiger partial charge in [-0.25, -0.2) is 12.8 Å². The summed E-state index contributed by atoms with van der Waals surface area (Å²) < 4.78 is 64.3. The Balaban J connectivity index is 2.52. The Morgan fingerprint density at radius 1 is 1.37 bits per heavy atom. The predicted octanol–water partition coefficient (Wildman–Crippen LogP) is 1.42. The highest BCUT2D eigenvalue weighted by molar-refractivity contribution is 7.88. The number of ether oxygens (including phenoxy) is 1. The van der Waals surface area contributed by atoms with Gasteiger partial charge in [0.15, 0.2) is 5.83 Å². The molecule has 5 nitrogen and oxygen atoms in total. The highest BCUT2D eigenvalue weighted by Gasteiger charge is 2.37. The lowest BCUT2D eigenvalue weighted by Crippen LogP contribution is -2.40. The van der Waals surface area contributed by atoms with Crippen LogP contribution in [0.3, 0.4) is 0 Å². The second-order valence-electron chi connectivity index (χ2n) is 4.11. The minimum Gasteiger partial charge on any atom is -0.464 e. The molecule has 0 spiro atoms. The van der Waals surface area contributed by atoms with E-state index in [4.69, 9.17) is 0 Å². The van der Waals surface area contributed by atoms with Crippen molar-refractivity contribution in [2.24, 2.45) is 0 Å². The Bertz CT molecular complexity index is 473. The molecule has 0 radical (unpaired) electrons. The summed E-state index contributed by atoms with van der Waals surface area (Å²) in [6.07, 6.45) is -1.38. The van der Waals surface area contributed by atoms with Crippen molar-refractivity contribution in [3.05, 3.63) is 11.9 Å². The number of rotatable bonds is 5. The van der Waals surface area contributed by atoms with Crippen LogP contribution in [0.2, 0.25) is 0 Å². The first-order valence-corrected chi connectivity index (χ1v) is 7.41. The summed E-state index contributed by atoms with van der Waals surface area (Å²) in [4.78, 5) is 11.6. The minimum atomic E-state index is -3.52. The van der Waals surface area contributed by atoms with E-state index in [9.17, 15) is 26.4 Å². The normalized spacial score (nSPS) is 20.3. The lowest BCUT2D eigenvalue weighted by molar-refractivity contribution is -0.147. The van der Waals surface area contributed by atoms with Gasteiger partial charge in [0.05, 0.1) is 12.9 Å². The van der Waals surface area contributed by atoms with Crippen molar-refractivity contribution in [2.45, 2.75) is 25.3 Å². The van der Waals surface area contributed by atoms with Crippen molar-refractivity contribution in [3.8, 4) is 0 Å². The van der Waals surface area contributed by atoms with Crippen molar-refractivity contribution in [1.29, 1.82) is 0 Å². The molecule has 1 aliphatic heterocycles. The Hall–Kier alpha value is -1.09. The van der Waals surface area contributed by atoms with E-state index in [0.717, 1.165) is 10.6 Å². The highest BCUT2D eigenvalue weighted by Crippen LogP contribution is 2.21. The van der Waals surface area contributed by atoms with Gasteiger partial charge in [0.25, 0.3) is 0 Å². The van der Waals surface area contributed by atoms with Crippen LogP contribution in [-0.2, 0) is 19.6 Å². The molecule has 1 rings (SSSR count). The molecule has 110 valence electrons. The van der Waals surface area contributed by atoms with E-state index in [2.05, 4.69) is 4.74 Å². The standard InChI is InChI=1S/C10H14F3NO4S/c1-19(16,17)14-5-2-3-8(14)10(15)18-6-4-7(11)9(12)13/h8H,2-6H2,1H3/t8-/m0/s1. The number of hydrogen-bond acceptors (Lipinski definition) is 4. The van der Waals surface area contributed by atoms with Crippen molar-refractivity contribution < 1.29 is 31.1 Å². The zero-order chi connectivity index (χ0) is 14.6. The molecule has 0 aliphatic carbocycles. The van der Waals surface area contributed by atoms with Gasteiger partial charge >= 0.3 is 12.0 Å². The lowest BCUT2D eigenvalue weighted by Gasteiger charge is -2.20. The molecule has 9 heteroatoms. The van der Waals surface area contributed by atoms with Crippen LogP contribution in [0.5, 0.6) is 0 Å². The third-order valence-corrected chi connectivity index (χ3v) is 3.96. The van der Waals surface area contributed by atoms with Gasteiger partial charge in [-0.05, 0) is 12.8 Å². The van der Waals surface area contributed by atoms with E-state index in [-0.39, 0.29) is 6.54 Å². The number of hydrogen-bond donors (Lipinski definition) is 0. The van der Waals surface area contributed by atoms with E-state index >= 15 is 0 Å². The Morgan fingerprint density at radius 3 is 2.53 bits per heavy atom. The van der Waals surface area contributed by atoms with Crippen molar-refractivity contribution in [3.63, 3.8) is 0 Å². The fourth-order valence-electron chi connectivity index (χ4n) is 1.80. The molecule has 1 aliphatic rings. The van der Waals surface area contributed by atoms with E-state index in [1.54, 1.807) is 0 Å².